The van der Waals surface area contributed by atoms with Gasteiger partial charge in [0.1, 0.15) is 17.3 Å². The third-order valence-corrected chi connectivity index (χ3v) is 5.95. The van der Waals surface area contributed by atoms with Gasteiger partial charge in [-0.2, -0.15) is 0 Å². The Hall–Kier alpha value is -3.84. The van der Waals surface area contributed by atoms with E-state index in [1.54, 1.807) is 24.5 Å². The molecule has 3 aromatic rings. The van der Waals surface area contributed by atoms with E-state index in [-0.39, 0.29) is 21.9 Å². The third kappa shape index (κ3) is 3.99. The number of ether oxygens (including phenoxy) is 2. The monoisotopic (exact) mass is 478 g/mol. The minimum atomic E-state index is -0.902. The largest absolute Gasteiger partial charge is 0.507 e. The van der Waals surface area contributed by atoms with Crippen LogP contribution in [0.2, 0.25) is 5.02 Å². The summed E-state index contributed by atoms with van der Waals surface area (Å²) in [5.41, 5.74) is 3.07. The van der Waals surface area contributed by atoms with Crippen LogP contribution in [0, 0.1) is 13.8 Å². The second kappa shape index (κ2) is 9.19. The van der Waals surface area contributed by atoms with E-state index >= 15 is 0 Å². The highest BCUT2D eigenvalue weighted by Crippen LogP contribution is 2.44. The van der Waals surface area contributed by atoms with Gasteiger partial charge in [-0.15, -0.1) is 0 Å². The number of carbonyl (C=O) groups excluding carboxylic acids is 2. The average Bonchev–Trinajstić information content (AvgIpc) is 3.09. The van der Waals surface area contributed by atoms with Crippen LogP contribution in [-0.2, 0) is 9.59 Å². The predicted molar refractivity (Wildman–Crippen MR) is 129 cm³/mol. The number of nitrogens with zero attached hydrogens (tertiary/aromatic N) is 2. The fourth-order valence-electron chi connectivity index (χ4n) is 4.23. The van der Waals surface area contributed by atoms with E-state index in [0.717, 1.165) is 11.1 Å². The molecule has 1 aliphatic rings. The molecular weight excluding hydrogens is 456 g/mol. The molecule has 0 aliphatic carbocycles. The minimum Gasteiger partial charge on any atom is -0.507 e. The van der Waals surface area contributed by atoms with E-state index in [2.05, 4.69) is 4.98 Å². The molecule has 1 saturated heterocycles. The van der Waals surface area contributed by atoms with Crippen LogP contribution in [0.1, 0.15) is 28.3 Å². The molecule has 34 heavy (non-hydrogen) atoms. The molecule has 2 heterocycles. The van der Waals surface area contributed by atoms with Gasteiger partial charge in [0.25, 0.3) is 11.7 Å². The maximum Gasteiger partial charge on any atom is 0.300 e. The second-order valence-corrected chi connectivity index (χ2v) is 8.40. The first-order chi connectivity index (χ1) is 16.3. The molecule has 1 fully saturated rings. The highest BCUT2D eigenvalue weighted by molar-refractivity contribution is 6.51. The number of hydrogen-bond donors (Lipinski definition) is 1. The SMILES string of the molecule is COc1cc(OC)c(/C(O)=C2\C(=O)C(=O)N(c3cc(C)cc(C)c3)C2c2cccnc2)cc1Cl. The zero-order valence-corrected chi connectivity index (χ0v) is 19.9. The van der Waals surface area contributed by atoms with Crippen molar-refractivity contribution in [3.05, 3.63) is 87.7 Å². The van der Waals surface area contributed by atoms with Gasteiger partial charge in [0.15, 0.2) is 0 Å². The molecule has 1 N–H and O–H groups in total. The van der Waals surface area contributed by atoms with Crippen LogP contribution in [0.25, 0.3) is 5.76 Å². The van der Waals surface area contributed by atoms with Crippen LogP contribution in [0.4, 0.5) is 5.69 Å². The number of amides is 1. The lowest BCUT2D eigenvalue weighted by Gasteiger charge is -2.26. The number of aliphatic hydroxyl groups excluding tert-OH is 1. The summed E-state index contributed by atoms with van der Waals surface area (Å²) in [6.45, 7) is 3.83. The van der Waals surface area contributed by atoms with Gasteiger partial charge < -0.3 is 14.6 Å². The summed E-state index contributed by atoms with van der Waals surface area (Å²) < 4.78 is 10.6. The highest BCUT2D eigenvalue weighted by atomic mass is 35.5. The Balaban J connectivity index is 2.00. The lowest BCUT2D eigenvalue weighted by molar-refractivity contribution is -0.132. The van der Waals surface area contributed by atoms with E-state index < -0.39 is 23.5 Å². The number of hydrogen-bond acceptors (Lipinski definition) is 6. The molecule has 1 aromatic heterocycles. The number of Topliss-reactive ketones (excluding diaryl/α,β-unsaturated/α-hetero) is 1. The first kappa shape index (κ1) is 23.3. The van der Waals surface area contributed by atoms with Crippen LogP contribution in [-0.4, -0.2) is 36.0 Å². The number of anilines is 1. The number of benzene rings is 2. The van der Waals surface area contributed by atoms with Crippen molar-refractivity contribution in [2.75, 3.05) is 19.1 Å². The normalized spacial score (nSPS) is 17.2. The molecule has 1 amide bonds. The molecule has 8 heteroatoms. The maximum absolute atomic E-state index is 13.3. The molecule has 174 valence electrons. The summed E-state index contributed by atoms with van der Waals surface area (Å²) in [7, 11) is 2.88. The predicted octanol–water partition coefficient (Wildman–Crippen LogP) is 5.00. The first-order valence-electron chi connectivity index (χ1n) is 10.5. The lowest BCUT2D eigenvalue weighted by atomic mass is 9.95. The summed E-state index contributed by atoms with van der Waals surface area (Å²) in [6.07, 6.45) is 3.16. The van der Waals surface area contributed by atoms with Gasteiger partial charge in [-0.05, 0) is 54.8 Å². The van der Waals surface area contributed by atoms with Crippen molar-refractivity contribution in [3.8, 4) is 11.5 Å². The molecule has 0 bridgehead atoms. The van der Waals surface area contributed by atoms with Crippen LogP contribution in [0.3, 0.4) is 0 Å². The van der Waals surface area contributed by atoms with Crippen molar-refractivity contribution < 1.29 is 24.2 Å². The van der Waals surface area contributed by atoms with Crippen molar-refractivity contribution >= 4 is 34.7 Å². The van der Waals surface area contributed by atoms with Crippen molar-refractivity contribution in [2.24, 2.45) is 0 Å². The smallest absolute Gasteiger partial charge is 0.300 e. The summed E-state index contributed by atoms with van der Waals surface area (Å²) in [5, 5.41) is 11.6. The fraction of sp³-hybridized carbons (Fsp3) is 0.192. The van der Waals surface area contributed by atoms with Crippen LogP contribution >= 0.6 is 11.6 Å². The zero-order valence-electron chi connectivity index (χ0n) is 19.1. The Labute approximate surface area is 202 Å². The van der Waals surface area contributed by atoms with E-state index in [4.69, 9.17) is 21.1 Å². The van der Waals surface area contributed by atoms with E-state index in [1.165, 1.54) is 31.3 Å². The van der Waals surface area contributed by atoms with Gasteiger partial charge in [0, 0.05) is 24.1 Å². The van der Waals surface area contributed by atoms with Gasteiger partial charge in [-0.1, -0.05) is 23.7 Å². The van der Waals surface area contributed by atoms with Gasteiger partial charge in [0.2, 0.25) is 0 Å². The van der Waals surface area contributed by atoms with Crippen molar-refractivity contribution in [2.45, 2.75) is 19.9 Å². The average molecular weight is 479 g/mol. The topological polar surface area (TPSA) is 89.0 Å². The summed E-state index contributed by atoms with van der Waals surface area (Å²) >= 11 is 6.30. The van der Waals surface area contributed by atoms with E-state index in [9.17, 15) is 14.7 Å². The van der Waals surface area contributed by atoms with Crippen LogP contribution in [0.5, 0.6) is 11.5 Å². The summed E-state index contributed by atoms with van der Waals surface area (Å²) in [4.78, 5) is 32.2. The van der Waals surface area contributed by atoms with E-state index in [1.807, 2.05) is 32.0 Å². The highest BCUT2D eigenvalue weighted by Gasteiger charge is 2.47. The standard InChI is InChI=1S/C26H23ClN2O5/c1-14-8-15(2)10-17(9-14)29-23(16-6-5-7-28-13-16)22(25(31)26(29)32)24(30)18-11-19(27)21(34-4)12-20(18)33-3/h5-13,23,30H,1-4H3/b24-22+. The number of aromatic nitrogens is 1. The second-order valence-electron chi connectivity index (χ2n) is 7.99. The van der Waals surface area contributed by atoms with Gasteiger partial charge in [-0.3, -0.25) is 19.5 Å². The quantitative estimate of drug-likeness (QED) is 0.315. The molecule has 1 unspecified atom stereocenters. The minimum absolute atomic E-state index is 0.0864. The number of aliphatic hydroxyl groups is 1. The molecule has 0 spiro atoms. The van der Waals surface area contributed by atoms with Crippen molar-refractivity contribution in [1.82, 2.24) is 4.98 Å². The van der Waals surface area contributed by atoms with Gasteiger partial charge >= 0.3 is 0 Å². The Bertz CT molecular complexity index is 1300. The van der Waals surface area contributed by atoms with Crippen molar-refractivity contribution in [1.29, 1.82) is 0 Å². The van der Waals surface area contributed by atoms with Gasteiger partial charge in [0.05, 0.1) is 36.4 Å². The first-order valence-corrected chi connectivity index (χ1v) is 10.9. The molecule has 1 atom stereocenters. The van der Waals surface area contributed by atoms with Crippen LogP contribution in [0.15, 0.2) is 60.4 Å². The van der Waals surface area contributed by atoms with Gasteiger partial charge in [-0.25, -0.2) is 0 Å². The summed E-state index contributed by atoms with van der Waals surface area (Å²) in [5.74, 6) is -1.39. The Morgan fingerprint density at radius 3 is 2.29 bits per heavy atom. The number of pyridine rings is 1. The van der Waals surface area contributed by atoms with Crippen molar-refractivity contribution in [3.63, 3.8) is 0 Å². The lowest BCUT2D eigenvalue weighted by Crippen LogP contribution is -2.29. The van der Waals surface area contributed by atoms with E-state index in [0.29, 0.717) is 17.0 Å². The molecular formula is C26H23ClN2O5. The summed E-state index contributed by atoms with van der Waals surface area (Å²) in [6, 6.07) is 11.1. The Morgan fingerprint density at radius 2 is 1.71 bits per heavy atom. The third-order valence-electron chi connectivity index (χ3n) is 5.66. The Morgan fingerprint density at radius 1 is 1.03 bits per heavy atom. The number of aryl methyl sites for hydroxylation is 2. The molecule has 2 aromatic carbocycles. The number of rotatable bonds is 5. The fourth-order valence-corrected chi connectivity index (χ4v) is 4.47. The number of halogens is 1. The number of methoxy groups -OCH3 is 2. The molecule has 7 nitrogen and oxygen atoms in total. The molecule has 0 saturated carbocycles. The molecule has 4 rings (SSSR count). The molecule has 1 aliphatic heterocycles. The molecule has 0 radical (unpaired) electrons. The maximum atomic E-state index is 13.3. The Kier molecular flexibility index (Phi) is 6.30. The number of carbonyl (C=O) groups is 2. The zero-order chi connectivity index (χ0) is 24.6. The number of ketones is 1. The van der Waals surface area contributed by atoms with Crippen LogP contribution < -0.4 is 14.4 Å².